The average molecular weight is 293 g/mol. The van der Waals surface area contributed by atoms with Gasteiger partial charge in [0.2, 0.25) is 0 Å². The van der Waals surface area contributed by atoms with Gasteiger partial charge < -0.3 is 15.1 Å². The van der Waals surface area contributed by atoms with Crippen LogP contribution in [0.2, 0.25) is 0 Å². The third-order valence-corrected chi connectivity index (χ3v) is 3.41. The Labute approximate surface area is 115 Å². The summed E-state index contributed by atoms with van der Waals surface area (Å²) in [5.74, 6) is -1.84. The summed E-state index contributed by atoms with van der Waals surface area (Å²) < 4.78 is 37.5. The van der Waals surface area contributed by atoms with Crippen LogP contribution in [0.3, 0.4) is 0 Å². The van der Waals surface area contributed by atoms with Crippen LogP contribution in [0.5, 0.6) is 0 Å². The highest BCUT2D eigenvalue weighted by atomic mass is 19.4. The van der Waals surface area contributed by atoms with Crippen molar-refractivity contribution >= 4 is 11.8 Å². The lowest BCUT2D eigenvalue weighted by Gasteiger charge is -2.26. The van der Waals surface area contributed by atoms with E-state index in [0.717, 1.165) is 6.54 Å². The number of amides is 2. The van der Waals surface area contributed by atoms with Crippen LogP contribution in [0.25, 0.3) is 0 Å². The molecule has 114 valence electrons. The van der Waals surface area contributed by atoms with E-state index >= 15 is 0 Å². The maximum atomic E-state index is 12.5. The normalized spacial score (nSPS) is 20.4. The molecule has 0 aromatic rings. The number of rotatable bonds is 2. The second-order valence-electron chi connectivity index (χ2n) is 5.18. The minimum Gasteiger partial charge on any atom is -0.333 e. The summed E-state index contributed by atoms with van der Waals surface area (Å²) in [5.41, 5.74) is 0. The Balaban J connectivity index is 2.00. The van der Waals surface area contributed by atoms with Crippen molar-refractivity contribution < 1.29 is 22.8 Å². The summed E-state index contributed by atoms with van der Waals surface area (Å²) in [5, 5.41) is 3.07. The summed E-state index contributed by atoms with van der Waals surface area (Å²) in [7, 11) is 0. The van der Waals surface area contributed by atoms with E-state index < -0.39 is 30.6 Å². The molecule has 1 aliphatic carbocycles. The van der Waals surface area contributed by atoms with Gasteiger partial charge in [-0.1, -0.05) is 0 Å². The molecular weight excluding hydrogens is 275 g/mol. The Morgan fingerprint density at radius 1 is 1.20 bits per heavy atom. The molecule has 1 heterocycles. The second kappa shape index (κ2) is 5.99. The lowest BCUT2D eigenvalue weighted by atomic mass is 10.3. The first-order chi connectivity index (χ1) is 9.38. The van der Waals surface area contributed by atoms with Crippen LogP contribution in [-0.4, -0.2) is 66.6 Å². The van der Waals surface area contributed by atoms with E-state index in [1.54, 1.807) is 0 Å². The van der Waals surface area contributed by atoms with Crippen molar-refractivity contribution in [3.63, 3.8) is 0 Å². The molecule has 0 radical (unpaired) electrons. The van der Waals surface area contributed by atoms with Crippen molar-refractivity contribution in [3.05, 3.63) is 0 Å². The van der Waals surface area contributed by atoms with Crippen LogP contribution in [0.1, 0.15) is 19.3 Å². The van der Waals surface area contributed by atoms with Crippen molar-refractivity contribution in [2.24, 2.45) is 0 Å². The van der Waals surface area contributed by atoms with Gasteiger partial charge >= 0.3 is 18.0 Å². The fourth-order valence-corrected chi connectivity index (χ4v) is 2.25. The van der Waals surface area contributed by atoms with Gasteiger partial charge in [-0.25, -0.2) is 0 Å². The number of nitrogens with one attached hydrogen (secondary N) is 1. The van der Waals surface area contributed by atoms with Gasteiger partial charge in [0.25, 0.3) is 0 Å². The van der Waals surface area contributed by atoms with Crippen molar-refractivity contribution in [1.82, 2.24) is 15.1 Å². The predicted molar refractivity (Wildman–Crippen MR) is 64.9 cm³/mol. The van der Waals surface area contributed by atoms with Crippen LogP contribution in [0.15, 0.2) is 0 Å². The van der Waals surface area contributed by atoms with E-state index in [-0.39, 0.29) is 0 Å². The summed E-state index contributed by atoms with van der Waals surface area (Å²) in [4.78, 5) is 26.1. The second-order valence-corrected chi connectivity index (χ2v) is 5.18. The first kappa shape index (κ1) is 15.1. The highest BCUT2D eigenvalue weighted by molar-refractivity contribution is 6.35. The molecule has 0 atom stereocenters. The molecule has 2 rings (SSSR count). The van der Waals surface area contributed by atoms with Gasteiger partial charge in [-0.3, -0.25) is 9.59 Å². The van der Waals surface area contributed by atoms with Crippen LogP contribution >= 0.6 is 0 Å². The average Bonchev–Trinajstić information content (AvgIpc) is 3.18. The zero-order valence-electron chi connectivity index (χ0n) is 11.1. The van der Waals surface area contributed by atoms with Gasteiger partial charge in [0.1, 0.15) is 6.54 Å². The Bertz CT molecular complexity index is 375. The third-order valence-electron chi connectivity index (χ3n) is 3.41. The van der Waals surface area contributed by atoms with Gasteiger partial charge in [0.05, 0.1) is 0 Å². The summed E-state index contributed by atoms with van der Waals surface area (Å²) >= 11 is 0. The van der Waals surface area contributed by atoms with Crippen molar-refractivity contribution in [1.29, 1.82) is 0 Å². The molecule has 1 N–H and O–H groups in total. The molecular formula is C12H18F3N3O2. The number of alkyl halides is 3. The van der Waals surface area contributed by atoms with Crippen molar-refractivity contribution in [2.45, 2.75) is 31.5 Å². The molecule has 8 heteroatoms. The Morgan fingerprint density at radius 3 is 2.50 bits per heavy atom. The van der Waals surface area contributed by atoms with Crippen molar-refractivity contribution in [3.8, 4) is 0 Å². The number of hydrogen-bond donors (Lipinski definition) is 1. The van der Waals surface area contributed by atoms with Crippen molar-refractivity contribution in [2.75, 3.05) is 32.7 Å². The SMILES string of the molecule is O=C(C(=O)N(CC(F)(F)F)C1CC1)N1CCCNCC1. The molecule has 1 saturated carbocycles. The number of carbonyl (C=O) groups is 2. The number of halogens is 3. The molecule has 0 unspecified atom stereocenters. The van der Waals surface area contributed by atoms with E-state index in [9.17, 15) is 22.8 Å². The van der Waals surface area contributed by atoms with Gasteiger partial charge in [0, 0.05) is 25.7 Å². The third kappa shape index (κ3) is 4.09. The highest BCUT2D eigenvalue weighted by Crippen LogP contribution is 2.30. The van der Waals surface area contributed by atoms with Crippen LogP contribution in [0.4, 0.5) is 13.2 Å². The fraction of sp³-hybridized carbons (Fsp3) is 0.833. The molecule has 0 spiro atoms. The van der Waals surface area contributed by atoms with Crippen LogP contribution in [-0.2, 0) is 9.59 Å². The zero-order valence-corrected chi connectivity index (χ0v) is 11.1. The van der Waals surface area contributed by atoms with E-state index in [2.05, 4.69) is 5.32 Å². The van der Waals surface area contributed by atoms with Crippen LogP contribution in [0, 0.1) is 0 Å². The quantitative estimate of drug-likeness (QED) is 0.748. The number of nitrogens with zero attached hydrogens (tertiary/aromatic N) is 2. The molecule has 5 nitrogen and oxygen atoms in total. The molecule has 2 amide bonds. The minimum absolute atomic E-state index is 0.356. The summed E-state index contributed by atoms with van der Waals surface area (Å²) in [6.45, 7) is 0.722. The lowest BCUT2D eigenvalue weighted by Crippen LogP contribution is -2.49. The molecule has 1 aliphatic heterocycles. The van der Waals surface area contributed by atoms with Gasteiger partial charge in [0.15, 0.2) is 0 Å². The number of carbonyl (C=O) groups excluding carboxylic acids is 2. The molecule has 0 aromatic heterocycles. The van der Waals surface area contributed by atoms with E-state index in [1.165, 1.54) is 4.90 Å². The largest absolute Gasteiger partial charge is 0.406 e. The van der Waals surface area contributed by atoms with Gasteiger partial charge in [-0.2, -0.15) is 13.2 Å². The van der Waals surface area contributed by atoms with Gasteiger partial charge in [-0.05, 0) is 25.8 Å². The van der Waals surface area contributed by atoms with Gasteiger partial charge in [-0.15, -0.1) is 0 Å². The lowest BCUT2D eigenvalue weighted by molar-refractivity contribution is -0.168. The first-order valence-electron chi connectivity index (χ1n) is 6.76. The molecule has 0 bridgehead atoms. The molecule has 2 fully saturated rings. The Hall–Kier alpha value is -1.31. The Morgan fingerprint density at radius 2 is 1.90 bits per heavy atom. The highest BCUT2D eigenvalue weighted by Gasteiger charge is 2.43. The number of hydrogen-bond acceptors (Lipinski definition) is 3. The maximum Gasteiger partial charge on any atom is 0.406 e. The fourth-order valence-electron chi connectivity index (χ4n) is 2.25. The summed E-state index contributed by atoms with van der Waals surface area (Å²) in [6.07, 6.45) is -2.70. The summed E-state index contributed by atoms with van der Waals surface area (Å²) in [6, 6.07) is -0.432. The van der Waals surface area contributed by atoms with E-state index in [1.807, 2.05) is 0 Å². The molecule has 20 heavy (non-hydrogen) atoms. The minimum atomic E-state index is -4.47. The zero-order chi connectivity index (χ0) is 14.8. The predicted octanol–water partition coefficient (Wildman–Crippen LogP) is 0.362. The van der Waals surface area contributed by atoms with E-state index in [4.69, 9.17) is 0 Å². The first-order valence-corrected chi connectivity index (χ1v) is 6.76. The van der Waals surface area contributed by atoms with Crippen LogP contribution < -0.4 is 5.32 Å². The molecule has 0 aromatic carbocycles. The molecule has 2 aliphatic rings. The monoisotopic (exact) mass is 293 g/mol. The maximum absolute atomic E-state index is 12.5. The standard InChI is InChI=1S/C12H18F3N3O2/c13-12(14,15)8-18(9-2-3-9)11(20)10(19)17-6-1-4-16-5-7-17/h9,16H,1-8H2. The smallest absolute Gasteiger partial charge is 0.333 e. The van der Waals surface area contributed by atoms with E-state index in [0.29, 0.717) is 43.8 Å². The molecule has 1 saturated heterocycles. The topological polar surface area (TPSA) is 52.7 Å². The Kier molecular flexibility index (Phi) is 4.52.